The summed E-state index contributed by atoms with van der Waals surface area (Å²) in [5.74, 6) is 1.38. The van der Waals surface area contributed by atoms with Gasteiger partial charge in [-0.15, -0.1) is 0 Å². The lowest BCUT2D eigenvalue weighted by atomic mass is 10.1. The Morgan fingerprint density at radius 2 is 1.64 bits per heavy atom. The maximum absolute atomic E-state index is 13.1. The van der Waals surface area contributed by atoms with Gasteiger partial charge in [-0.05, 0) is 37.3 Å². The summed E-state index contributed by atoms with van der Waals surface area (Å²) < 4.78 is 15.9. The van der Waals surface area contributed by atoms with Crippen LogP contribution in [0.25, 0.3) is 11.4 Å². The summed E-state index contributed by atoms with van der Waals surface area (Å²) in [6, 6.07) is 8.26. The molecule has 0 fully saturated rings. The molecular formula is C20H18Cl2N2O4. The Morgan fingerprint density at radius 1 is 1.00 bits per heavy atom. The molecule has 1 aromatic heterocycles. The SMILES string of the molecule is COc1cc(C(=O)c2nc(-c3ccc(Cl)cc3Cl)[nH]c2C)cc(OC)c1OC. The molecule has 0 aliphatic rings. The molecule has 0 atom stereocenters. The summed E-state index contributed by atoms with van der Waals surface area (Å²) in [5, 5.41) is 0.957. The van der Waals surface area contributed by atoms with Crippen molar-refractivity contribution in [3.8, 4) is 28.6 Å². The van der Waals surface area contributed by atoms with Crippen molar-refractivity contribution in [1.29, 1.82) is 0 Å². The number of aryl methyl sites for hydroxylation is 1. The Balaban J connectivity index is 2.05. The van der Waals surface area contributed by atoms with Gasteiger partial charge in [0.1, 0.15) is 11.5 Å². The van der Waals surface area contributed by atoms with Crippen molar-refractivity contribution in [3.63, 3.8) is 0 Å². The van der Waals surface area contributed by atoms with E-state index in [1.54, 1.807) is 37.3 Å². The van der Waals surface area contributed by atoms with Crippen LogP contribution in [0.2, 0.25) is 10.0 Å². The number of imidazole rings is 1. The monoisotopic (exact) mass is 420 g/mol. The van der Waals surface area contributed by atoms with Gasteiger partial charge in [0.05, 0.1) is 26.4 Å². The van der Waals surface area contributed by atoms with Crippen LogP contribution >= 0.6 is 23.2 Å². The molecule has 1 heterocycles. The topological polar surface area (TPSA) is 73.4 Å². The van der Waals surface area contributed by atoms with Crippen LogP contribution < -0.4 is 14.2 Å². The average molecular weight is 421 g/mol. The number of halogens is 2. The first kappa shape index (κ1) is 20.0. The van der Waals surface area contributed by atoms with Crippen molar-refractivity contribution in [2.45, 2.75) is 6.92 Å². The molecule has 0 spiro atoms. The number of hydrogen-bond donors (Lipinski definition) is 1. The van der Waals surface area contributed by atoms with Crippen LogP contribution in [-0.4, -0.2) is 37.1 Å². The van der Waals surface area contributed by atoms with E-state index in [4.69, 9.17) is 37.4 Å². The molecule has 8 heteroatoms. The Hall–Kier alpha value is -2.70. The van der Waals surface area contributed by atoms with Gasteiger partial charge in [0.2, 0.25) is 11.5 Å². The van der Waals surface area contributed by atoms with Crippen molar-refractivity contribution < 1.29 is 19.0 Å². The number of ether oxygens (including phenoxy) is 3. The fourth-order valence-corrected chi connectivity index (χ4v) is 3.34. The van der Waals surface area contributed by atoms with Gasteiger partial charge in [0.15, 0.2) is 11.5 Å². The van der Waals surface area contributed by atoms with Crippen LogP contribution in [0.1, 0.15) is 21.7 Å². The summed E-state index contributed by atoms with van der Waals surface area (Å²) >= 11 is 12.2. The highest BCUT2D eigenvalue weighted by atomic mass is 35.5. The van der Waals surface area contributed by atoms with Crippen LogP contribution in [-0.2, 0) is 0 Å². The Kier molecular flexibility index (Phi) is 5.82. The Labute approximate surface area is 172 Å². The second-order valence-electron chi connectivity index (χ2n) is 5.93. The zero-order valence-electron chi connectivity index (χ0n) is 15.7. The van der Waals surface area contributed by atoms with Crippen molar-refractivity contribution in [1.82, 2.24) is 9.97 Å². The Bertz CT molecular complexity index is 1020. The maximum Gasteiger partial charge on any atom is 0.213 e. The lowest BCUT2D eigenvalue weighted by molar-refractivity contribution is 0.103. The van der Waals surface area contributed by atoms with Gasteiger partial charge in [-0.3, -0.25) is 4.79 Å². The van der Waals surface area contributed by atoms with E-state index in [2.05, 4.69) is 9.97 Å². The molecule has 146 valence electrons. The van der Waals surface area contributed by atoms with Gasteiger partial charge < -0.3 is 19.2 Å². The van der Waals surface area contributed by atoms with Gasteiger partial charge in [-0.25, -0.2) is 4.98 Å². The third kappa shape index (κ3) is 3.66. The first-order valence-electron chi connectivity index (χ1n) is 8.26. The minimum Gasteiger partial charge on any atom is -0.493 e. The minimum atomic E-state index is -0.288. The van der Waals surface area contributed by atoms with Crippen LogP contribution in [0.4, 0.5) is 0 Å². The van der Waals surface area contributed by atoms with E-state index < -0.39 is 0 Å². The van der Waals surface area contributed by atoms with Crippen molar-refractivity contribution in [3.05, 3.63) is 57.3 Å². The van der Waals surface area contributed by atoms with Crippen molar-refractivity contribution >= 4 is 29.0 Å². The molecule has 0 saturated heterocycles. The second-order valence-corrected chi connectivity index (χ2v) is 6.77. The van der Waals surface area contributed by atoms with Gasteiger partial charge in [0.25, 0.3) is 0 Å². The highest BCUT2D eigenvalue weighted by Crippen LogP contribution is 2.39. The van der Waals surface area contributed by atoms with E-state index >= 15 is 0 Å². The molecule has 0 radical (unpaired) electrons. The number of aromatic nitrogens is 2. The lowest BCUT2D eigenvalue weighted by Crippen LogP contribution is -2.06. The van der Waals surface area contributed by atoms with Gasteiger partial charge in [-0.2, -0.15) is 0 Å². The third-order valence-corrected chi connectivity index (χ3v) is 4.76. The van der Waals surface area contributed by atoms with Gasteiger partial charge in [0, 0.05) is 21.8 Å². The number of benzene rings is 2. The quantitative estimate of drug-likeness (QED) is 0.571. The molecule has 0 amide bonds. The normalized spacial score (nSPS) is 10.6. The van der Waals surface area contributed by atoms with E-state index in [1.807, 2.05) is 0 Å². The summed E-state index contributed by atoms with van der Waals surface area (Å²) in [4.78, 5) is 20.7. The predicted molar refractivity (Wildman–Crippen MR) is 108 cm³/mol. The maximum atomic E-state index is 13.1. The zero-order valence-corrected chi connectivity index (χ0v) is 17.2. The molecule has 0 saturated carbocycles. The van der Waals surface area contributed by atoms with E-state index in [9.17, 15) is 4.79 Å². The van der Waals surface area contributed by atoms with Crippen molar-refractivity contribution in [2.75, 3.05) is 21.3 Å². The van der Waals surface area contributed by atoms with Crippen LogP contribution in [0.5, 0.6) is 17.2 Å². The molecular weight excluding hydrogens is 403 g/mol. The fourth-order valence-electron chi connectivity index (χ4n) is 2.84. The number of nitrogens with zero attached hydrogens (tertiary/aromatic N) is 1. The summed E-state index contributed by atoms with van der Waals surface area (Å²) in [6.45, 7) is 1.77. The standard InChI is InChI=1S/C20H18Cl2N2O4/c1-10-17(24-20(23-10)13-6-5-12(21)9-14(13)22)18(25)11-7-15(26-2)19(28-4)16(8-11)27-3/h5-9H,1-4H3,(H,23,24). The number of carbonyl (C=O) groups is 1. The summed E-state index contributed by atoms with van der Waals surface area (Å²) in [5.41, 5.74) is 1.89. The number of methoxy groups -OCH3 is 3. The minimum absolute atomic E-state index is 0.273. The molecule has 0 aliphatic carbocycles. The van der Waals surface area contributed by atoms with Crippen LogP contribution in [0.3, 0.4) is 0 Å². The molecule has 3 aromatic rings. The molecule has 0 unspecified atom stereocenters. The van der Waals surface area contributed by atoms with Gasteiger partial charge >= 0.3 is 0 Å². The molecule has 0 aliphatic heterocycles. The largest absolute Gasteiger partial charge is 0.493 e. The van der Waals surface area contributed by atoms with E-state index in [0.717, 1.165) is 0 Å². The smallest absolute Gasteiger partial charge is 0.213 e. The second kappa shape index (κ2) is 8.12. The molecule has 2 aromatic carbocycles. The molecule has 0 bridgehead atoms. The molecule has 6 nitrogen and oxygen atoms in total. The first-order valence-corrected chi connectivity index (χ1v) is 9.02. The number of ketones is 1. The van der Waals surface area contributed by atoms with E-state index in [-0.39, 0.29) is 11.5 Å². The number of carbonyl (C=O) groups excluding carboxylic acids is 1. The molecule has 3 rings (SSSR count). The molecule has 1 N–H and O–H groups in total. The Morgan fingerprint density at radius 3 is 2.18 bits per heavy atom. The van der Waals surface area contributed by atoms with E-state index in [0.29, 0.717) is 49.9 Å². The van der Waals surface area contributed by atoms with Gasteiger partial charge in [-0.1, -0.05) is 23.2 Å². The van der Waals surface area contributed by atoms with Crippen LogP contribution in [0, 0.1) is 6.92 Å². The number of aromatic amines is 1. The number of rotatable bonds is 6. The fraction of sp³-hybridized carbons (Fsp3) is 0.200. The number of H-pyrrole nitrogens is 1. The zero-order chi connectivity index (χ0) is 20.4. The average Bonchev–Trinajstić information content (AvgIpc) is 3.07. The van der Waals surface area contributed by atoms with Crippen LogP contribution in [0.15, 0.2) is 30.3 Å². The summed E-state index contributed by atoms with van der Waals surface area (Å²) in [6.07, 6.45) is 0. The predicted octanol–water partition coefficient (Wildman–Crippen LogP) is 4.95. The first-order chi connectivity index (χ1) is 13.4. The summed E-state index contributed by atoms with van der Waals surface area (Å²) in [7, 11) is 4.49. The molecule has 28 heavy (non-hydrogen) atoms. The van der Waals surface area contributed by atoms with Crippen molar-refractivity contribution in [2.24, 2.45) is 0 Å². The third-order valence-electron chi connectivity index (χ3n) is 4.21. The van der Waals surface area contributed by atoms with E-state index in [1.165, 1.54) is 21.3 Å². The number of hydrogen-bond acceptors (Lipinski definition) is 5. The highest BCUT2D eigenvalue weighted by molar-refractivity contribution is 6.36. The highest BCUT2D eigenvalue weighted by Gasteiger charge is 2.22. The number of nitrogens with one attached hydrogen (secondary N) is 1. The lowest BCUT2D eigenvalue weighted by Gasteiger charge is -2.13.